The molecule has 1 aromatic heterocycles. The van der Waals surface area contributed by atoms with E-state index in [4.69, 9.17) is 4.74 Å². The van der Waals surface area contributed by atoms with Crippen LogP contribution < -0.4 is 0 Å². The number of aliphatic hydroxyl groups excluding tert-OH is 1. The molecule has 0 radical (unpaired) electrons. The molecule has 1 fully saturated rings. The van der Waals surface area contributed by atoms with Gasteiger partial charge < -0.3 is 9.84 Å². The first-order chi connectivity index (χ1) is 5.38. The topological polar surface area (TPSA) is 42.4 Å². The second-order valence-electron chi connectivity index (χ2n) is 2.63. The molecule has 2 rings (SSSR count). The maximum Gasteiger partial charge on any atom is 0.0872 e. The molecular formula is C7H9NO2S. The molecule has 3 nitrogen and oxygen atoms in total. The summed E-state index contributed by atoms with van der Waals surface area (Å²) in [6.07, 6.45) is 1.42. The minimum atomic E-state index is -0.338. The van der Waals surface area contributed by atoms with E-state index in [1.807, 2.05) is 6.07 Å². The van der Waals surface area contributed by atoms with Crippen LogP contribution in [-0.4, -0.2) is 28.8 Å². The highest BCUT2D eigenvalue weighted by Crippen LogP contribution is 2.27. The highest BCUT2D eigenvalue weighted by Gasteiger charge is 2.28. The first-order valence-electron chi connectivity index (χ1n) is 3.54. The zero-order valence-electron chi connectivity index (χ0n) is 5.93. The molecule has 0 saturated carbocycles. The molecule has 60 valence electrons. The molecule has 1 N–H and O–H groups in total. The number of ether oxygens (including phenoxy) is 1. The Bertz CT molecular complexity index is 224. The van der Waals surface area contributed by atoms with Gasteiger partial charge in [-0.25, -0.2) is 4.37 Å². The van der Waals surface area contributed by atoms with Gasteiger partial charge in [0.05, 0.1) is 19.3 Å². The summed E-state index contributed by atoms with van der Waals surface area (Å²) in [5, 5.41) is 9.41. The van der Waals surface area contributed by atoms with Crippen molar-refractivity contribution in [2.75, 3.05) is 13.2 Å². The van der Waals surface area contributed by atoms with Crippen molar-refractivity contribution in [2.24, 2.45) is 0 Å². The van der Waals surface area contributed by atoms with Crippen LogP contribution >= 0.6 is 11.5 Å². The Balaban J connectivity index is 2.16. The molecule has 0 spiro atoms. The zero-order valence-corrected chi connectivity index (χ0v) is 6.75. The third-order valence-corrected chi connectivity index (χ3v) is 2.75. The summed E-state index contributed by atoms with van der Waals surface area (Å²) in [4.78, 5) is 1.12. The summed E-state index contributed by atoms with van der Waals surface area (Å²) in [5.41, 5.74) is 0. The highest BCUT2D eigenvalue weighted by atomic mass is 32.1. The number of aliphatic hydroxyl groups is 1. The Kier molecular flexibility index (Phi) is 1.89. The summed E-state index contributed by atoms with van der Waals surface area (Å²) in [7, 11) is 0. The standard InChI is InChI=1S/C7H9NO2S/c9-6-4-10-3-5(6)7-1-2-8-11-7/h1-2,5-6,9H,3-4H2. The smallest absolute Gasteiger partial charge is 0.0872 e. The van der Waals surface area contributed by atoms with E-state index >= 15 is 0 Å². The minimum Gasteiger partial charge on any atom is -0.390 e. The molecule has 11 heavy (non-hydrogen) atoms. The maximum absolute atomic E-state index is 9.41. The third kappa shape index (κ3) is 1.29. The molecule has 1 aromatic rings. The highest BCUT2D eigenvalue weighted by molar-refractivity contribution is 7.05. The average Bonchev–Trinajstić information content (AvgIpc) is 2.55. The monoisotopic (exact) mass is 171 g/mol. The molecule has 1 aliphatic heterocycles. The lowest BCUT2D eigenvalue weighted by Gasteiger charge is -2.07. The molecule has 2 heterocycles. The largest absolute Gasteiger partial charge is 0.390 e. The Hall–Kier alpha value is -0.450. The lowest BCUT2D eigenvalue weighted by atomic mass is 10.1. The van der Waals surface area contributed by atoms with Gasteiger partial charge in [0.1, 0.15) is 0 Å². The summed E-state index contributed by atoms with van der Waals surface area (Å²) >= 11 is 1.43. The predicted molar refractivity (Wildman–Crippen MR) is 41.7 cm³/mol. The number of rotatable bonds is 1. The first-order valence-corrected chi connectivity index (χ1v) is 4.31. The molecule has 2 atom stereocenters. The van der Waals surface area contributed by atoms with Crippen LogP contribution in [0.25, 0.3) is 0 Å². The van der Waals surface area contributed by atoms with Crippen LogP contribution in [0, 0.1) is 0 Å². The van der Waals surface area contributed by atoms with Crippen molar-refractivity contribution < 1.29 is 9.84 Å². The van der Waals surface area contributed by atoms with E-state index in [0.29, 0.717) is 13.2 Å². The fourth-order valence-corrected chi connectivity index (χ4v) is 1.96. The van der Waals surface area contributed by atoms with E-state index in [1.165, 1.54) is 11.5 Å². The molecular weight excluding hydrogens is 162 g/mol. The molecule has 0 aliphatic carbocycles. The van der Waals surface area contributed by atoms with Crippen molar-refractivity contribution in [3.05, 3.63) is 17.1 Å². The van der Waals surface area contributed by atoms with Gasteiger partial charge in [0.15, 0.2) is 0 Å². The first kappa shape index (κ1) is 7.21. The van der Waals surface area contributed by atoms with Crippen LogP contribution in [0.15, 0.2) is 12.3 Å². The van der Waals surface area contributed by atoms with Gasteiger partial charge in [-0.2, -0.15) is 0 Å². The Morgan fingerprint density at radius 3 is 3.09 bits per heavy atom. The van der Waals surface area contributed by atoms with Gasteiger partial charge in [-0.05, 0) is 17.6 Å². The summed E-state index contributed by atoms with van der Waals surface area (Å²) in [6, 6.07) is 1.94. The Labute approximate surface area is 68.8 Å². The SMILES string of the molecule is OC1COCC1c1ccns1. The van der Waals surface area contributed by atoms with Crippen LogP contribution in [0.4, 0.5) is 0 Å². The fraction of sp³-hybridized carbons (Fsp3) is 0.571. The predicted octanol–water partition coefficient (Wildman–Crippen LogP) is 0.618. The normalized spacial score (nSPS) is 31.0. The molecule has 0 bridgehead atoms. The Morgan fingerprint density at radius 1 is 1.64 bits per heavy atom. The molecule has 1 saturated heterocycles. The second kappa shape index (κ2) is 2.89. The number of hydrogen-bond acceptors (Lipinski definition) is 4. The van der Waals surface area contributed by atoms with Crippen LogP contribution in [0.2, 0.25) is 0 Å². The van der Waals surface area contributed by atoms with E-state index in [-0.39, 0.29) is 12.0 Å². The van der Waals surface area contributed by atoms with Gasteiger partial charge in [-0.1, -0.05) is 0 Å². The van der Waals surface area contributed by atoms with Crippen molar-refractivity contribution >= 4 is 11.5 Å². The van der Waals surface area contributed by atoms with Crippen LogP contribution in [0.1, 0.15) is 10.8 Å². The lowest BCUT2D eigenvalue weighted by Crippen LogP contribution is -2.14. The summed E-state index contributed by atoms with van der Waals surface area (Å²) < 4.78 is 9.10. The van der Waals surface area contributed by atoms with E-state index in [9.17, 15) is 5.11 Å². The van der Waals surface area contributed by atoms with Gasteiger partial charge in [0.25, 0.3) is 0 Å². The van der Waals surface area contributed by atoms with E-state index in [2.05, 4.69) is 4.37 Å². The average molecular weight is 171 g/mol. The molecule has 0 aromatic carbocycles. The van der Waals surface area contributed by atoms with Crippen molar-refractivity contribution in [1.82, 2.24) is 4.37 Å². The van der Waals surface area contributed by atoms with Crippen molar-refractivity contribution in [1.29, 1.82) is 0 Å². The third-order valence-electron chi connectivity index (χ3n) is 1.87. The second-order valence-corrected chi connectivity index (χ2v) is 3.49. The van der Waals surface area contributed by atoms with Crippen molar-refractivity contribution in [3.8, 4) is 0 Å². The van der Waals surface area contributed by atoms with Crippen LogP contribution in [0.5, 0.6) is 0 Å². The minimum absolute atomic E-state index is 0.155. The van der Waals surface area contributed by atoms with Crippen molar-refractivity contribution in [3.63, 3.8) is 0 Å². The summed E-state index contributed by atoms with van der Waals surface area (Å²) in [6.45, 7) is 1.09. The van der Waals surface area contributed by atoms with Crippen molar-refractivity contribution in [2.45, 2.75) is 12.0 Å². The number of hydrogen-bond donors (Lipinski definition) is 1. The number of nitrogens with zero attached hydrogens (tertiary/aromatic N) is 1. The zero-order chi connectivity index (χ0) is 7.68. The quantitative estimate of drug-likeness (QED) is 0.673. The molecule has 1 aliphatic rings. The van der Waals surface area contributed by atoms with Gasteiger partial charge in [0, 0.05) is 17.0 Å². The van der Waals surface area contributed by atoms with E-state index in [1.54, 1.807) is 6.20 Å². The van der Waals surface area contributed by atoms with Crippen LogP contribution in [0.3, 0.4) is 0 Å². The molecule has 0 amide bonds. The van der Waals surface area contributed by atoms with Crippen LogP contribution in [-0.2, 0) is 4.74 Å². The molecule has 2 unspecified atom stereocenters. The van der Waals surface area contributed by atoms with Gasteiger partial charge in [-0.15, -0.1) is 0 Å². The van der Waals surface area contributed by atoms with Gasteiger partial charge in [-0.3, -0.25) is 0 Å². The molecule has 4 heteroatoms. The van der Waals surface area contributed by atoms with E-state index < -0.39 is 0 Å². The van der Waals surface area contributed by atoms with Gasteiger partial charge in [0.2, 0.25) is 0 Å². The Morgan fingerprint density at radius 2 is 2.55 bits per heavy atom. The fourth-order valence-electron chi connectivity index (χ4n) is 1.23. The number of aromatic nitrogens is 1. The van der Waals surface area contributed by atoms with Gasteiger partial charge >= 0.3 is 0 Å². The summed E-state index contributed by atoms with van der Waals surface area (Å²) in [5.74, 6) is 0.155. The maximum atomic E-state index is 9.41. The van der Waals surface area contributed by atoms with E-state index in [0.717, 1.165) is 4.88 Å². The lowest BCUT2D eigenvalue weighted by molar-refractivity contribution is 0.125.